The van der Waals surface area contributed by atoms with Crippen molar-refractivity contribution in [2.45, 2.75) is 19.9 Å². The Morgan fingerprint density at radius 2 is 2.21 bits per heavy atom. The lowest BCUT2D eigenvalue weighted by molar-refractivity contribution is 1.03. The minimum absolute atomic E-state index is 0.0658. The molecule has 0 spiro atoms. The van der Waals surface area contributed by atoms with Crippen LogP contribution in [0.1, 0.15) is 18.1 Å². The number of nitrogens with zero attached hydrogens (tertiary/aromatic N) is 1. The Bertz CT molecular complexity index is 407. The summed E-state index contributed by atoms with van der Waals surface area (Å²) in [6.45, 7) is 3.86. The van der Waals surface area contributed by atoms with Crippen LogP contribution in [0.2, 0.25) is 0 Å². The Hall–Kier alpha value is -1.93. The molecule has 0 aliphatic rings. The van der Waals surface area contributed by atoms with Crippen LogP contribution in [-0.4, -0.2) is 6.04 Å². The van der Waals surface area contributed by atoms with Gasteiger partial charge in [-0.3, -0.25) is 0 Å². The first kappa shape index (κ1) is 10.2. The number of terminal acetylenes is 1. The molecule has 1 N–H and O–H groups in total. The summed E-state index contributed by atoms with van der Waals surface area (Å²) in [5.74, 6) is 2.56. The van der Waals surface area contributed by atoms with Crippen LogP contribution >= 0.6 is 0 Å². The molecule has 1 unspecified atom stereocenters. The lowest BCUT2D eigenvalue weighted by Gasteiger charge is -2.11. The molecule has 0 radical (unpaired) electrons. The molecule has 0 aromatic heterocycles. The van der Waals surface area contributed by atoms with E-state index in [1.54, 1.807) is 6.07 Å². The van der Waals surface area contributed by atoms with E-state index in [9.17, 15) is 0 Å². The molecule has 14 heavy (non-hydrogen) atoms. The first-order valence-electron chi connectivity index (χ1n) is 4.41. The van der Waals surface area contributed by atoms with Crippen molar-refractivity contribution in [1.82, 2.24) is 0 Å². The summed E-state index contributed by atoms with van der Waals surface area (Å²) in [5.41, 5.74) is 2.53. The maximum Gasteiger partial charge on any atom is 0.101 e. The molecule has 1 aromatic carbocycles. The number of nitriles is 1. The summed E-state index contributed by atoms with van der Waals surface area (Å²) >= 11 is 0. The smallest absolute Gasteiger partial charge is 0.101 e. The zero-order valence-corrected chi connectivity index (χ0v) is 8.33. The van der Waals surface area contributed by atoms with E-state index in [1.807, 2.05) is 26.0 Å². The van der Waals surface area contributed by atoms with Gasteiger partial charge in [-0.15, -0.1) is 6.42 Å². The molecular weight excluding hydrogens is 172 g/mol. The van der Waals surface area contributed by atoms with E-state index in [2.05, 4.69) is 17.3 Å². The Morgan fingerprint density at radius 1 is 1.50 bits per heavy atom. The molecule has 0 aliphatic heterocycles. The summed E-state index contributed by atoms with van der Waals surface area (Å²) < 4.78 is 0. The van der Waals surface area contributed by atoms with Crippen molar-refractivity contribution in [1.29, 1.82) is 5.26 Å². The standard InChI is InChI=1S/C12H12N2/c1-4-10(3)14-12-7-9(2)5-6-11(12)8-13/h1,5-7,10,14H,2-3H3. The van der Waals surface area contributed by atoms with Crippen molar-refractivity contribution < 1.29 is 0 Å². The Balaban J connectivity index is 3.02. The van der Waals surface area contributed by atoms with E-state index >= 15 is 0 Å². The van der Waals surface area contributed by atoms with E-state index < -0.39 is 0 Å². The van der Waals surface area contributed by atoms with Gasteiger partial charge in [0.15, 0.2) is 0 Å². The van der Waals surface area contributed by atoms with Gasteiger partial charge in [-0.25, -0.2) is 0 Å². The fourth-order valence-corrected chi connectivity index (χ4v) is 1.15. The van der Waals surface area contributed by atoms with Crippen LogP contribution in [0.25, 0.3) is 0 Å². The first-order valence-corrected chi connectivity index (χ1v) is 4.41. The molecule has 0 bridgehead atoms. The van der Waals surface area contributed by atoms with E-state index in [-0.39, 0.29) is 6.04 Å². The summed E-state index contributed by atoms with van der Waals surface area (Å²) in [7, 11) is 0. The molecule has 1 atom stereocenters. The molecule has 0 heterocycles. The van der Waals surface area contributed by atoms with Crippen LogP contribution in [-0.2, 0) is 0 Å². The fraction of sp³-hybridized carbons (Fsp3) is 0.250. The number of hydrogen-bond acceptors (Lipinski definition) is 2. The molecule has 2 nitrogen and oxygen atoms in total. The van der Waals surface area contributed by atoms with Crippen LogP contribution in [0.5, 0.6) is 0 Å². The van der Waals surface area contributed by atoms with Crippen LogP contribution in [0.3, 0.4) is 0 Å². The zero-order chi connectivity index (χ0) is 10.6. The predicted octanol–water partition coefficient (Wildman–Crippen LogP) is 2.30. The van der Waals surface area contributed by atoms with Crippen molar-refractivity contribution in [3.63, 3.8) is 0 Å². The summed E-state index contributed by atoms with van der Waals surface area (Å²) in [5, 5.41) is 11.9. The number of rotatable bonds is 2. The summed E-state index contributed by atoms with van der Waals surface area (Å²) in [4.78, 5) is 0. The number of anilines is 1. The minimum Gasteiger partial charge on any atom is -0.371 e. The maximum absolute atomic E-state index is 8.85. The topological polar surface area (TPSA) is 35.8 Å². The number of hydrogen-bond donors (Lipinski definition) is 1. The number of benzene rings is 1. The molecule has 0 saturated carbocycles. The highest BCUT2D eigenvalue weighted by molar-refractivity contribution is 5.59. The Morgan fingerprint density at radius 3 is 2.79 bits per heavy atom. The number of aryl methyl sites for hydroxylation is 1. The van der Waals surface area contributed by atoms with E-state index in [0.717, 1.165) is 11.3 Å². The first-order chi connectivity index (χ1) is 6.67. The van der Waals surface area contributed by atoms with Crippen molar-refractivity contribution in [2.24, 2.45) is 0 Å². The average molecular weight is 184 g/mol. The predicted molar refractivity (Wildman–Crippen MR) is 57.8 cm³/mol. The van der Waals surface area contributed by atoms with Gasteiger partial charge in [-0.05, 0) is 31.5 Å². The highest BCUT2D eigenvalue weighted by Gasteiger charge is 2.03. The van der Waals surface area contributed by atoms with Crippen LogP contribution < -0.4 is 5.32 Å². The lowest BCUT2D eigenvalue weighted by Crippen LogP contribution is -2.13. The summed E-state index contributed by atoms with van der Waals surface area (Å²) in [6.07, 6.45) is 5.25. The third kappa shape index (κ3) is 2.28. The Labute approximate surface area is 84.6 Å². The van der Waals surface area contributed by atoms with Crippen LogP contribution in [0, 0.1) is 30.6 Å². The monoisotopic (exact) mass is 184 g/mol. The van der Waals surface area contributed by atoms with Crippen molar-refractivity contribution in [3.8, 4) is 18.4 Å². The number of nitrogens with one attached hydrogen (secondary N) is 1. The molecule has 0 amide bonds. The third-order valence-electron chi connectivity index (χ3n) is 1.92. The lowest BCUT2D eigenvalue weighted by atomic mass is 10.1. The van der Waals surface area contributed by atoms with Gasteiger partial charge in [-0.2, -0.15) is 5.26 Å². The highest BCUT2D eigenvalue weighted by Crippen LogP contribution is 2.17. The summed E-state index contributed by atoms with van der Waals surface area (Å²) in [6, 6.07) is 7.68. The van der Waals surface area contributed by atoms with Crippen LogP contribution in [0.4, 0.5) is 5.69 Å². The highest BCUT2D eigenvalue weighted by atomic mass is 14.9. The van der Waals surface area contributed by atoms with Crippen LogP contribution in [0.15, 0.2) is 18.2 Å². The van der Waals surface area contributed by atoms with Gasteiger partial charge < -0.3 is 5.32 Å². The second-order valence-corrected chi connectivity index (χ2v) is 3.19. The van der Waals surface area contributed by atoms with Gasteiger partial charge >= 0.3 is 0 Å². The van der Waals surface area contributed by atoms with Gasteiger partial charge in [0.25, 0.3) is 0 Å². The SMILES string of the molecule is C#CC(C)Nc1cc(C)ccc1C#N. The third-order valence-corrected chi connectivity index (χ3v) is 1.92. The molecule has 0 aliphatic carbocycles. The van der Waals surface area contributed by atoms with Gasteiger partial charge in [-0.1, -0.05) is 12.0 Å². The molecule has 2 heteroatoms. The van der Waals surface area contributed by atoms with E-state index in [0.29, 0.717) is 5.56 Å². The van der Waals surface area contributed by atoms with Crippen molar-refractivity contribution in [2.75, 3.05) is 5.32 Å². The van der Waals surface area contributed by atoms with Gasteiger partial charge in [0.2, 0.25) is 0 Å². The molecule has 1 aromatic rings. The van der Waals surface area contributed by atoms with E-state index in [1.165, 1.54) is 0 Å². The molecule has 0 saturated heterocycles. The normalized spacial score (nSPS) is 11.1. The van der Waals surface area contributed by atoms with Crippen molar-refractivity contribution in [3.05, 3.63) is 29.3 Å². The van der Waals surface area contributed by atoms with Gasteiger partial charge in [0.05, 0.1) is 17.3 Å². The Kier molecular flexibility index (Phi) is 3.15. The van der Waals surface area contributed by atoms with Crippen molar-refractivity contribution >= 4 is 5.69 Å². The second kappa shape index (κ2) is 4.35. The maximum atomic E-state index is 8.85. The molecule has 70 valence electrons. The quantitative estimate of drug-likeness (QED) is 0.716. The fourth-order valence-electron chi connectivity index (χ4n) is 1.15. The zero-order valence-electron chi connectivity index (χ0n) is 8.33. The second-order valence-electron chi connectivity index (χ2n) is 3.19. The van der Waals surface area contributed by atoms with E-state index in [4.69, 9.17) is 11.7 Å². The van der Waals surface area contributed by atoms with Gasteiger partial charge in [0, 0.05) is 0 Å². The minimum atomic E-state index is -0.0658. The average Bonchev–Trinajstić information content (AvgIpc) is 2.18. The molecule has 1 rings (SSSR count). The largest absolute Gasteiger partial charge is 0.371 e. The van der Waals surface area contributed by atoms with Gasteiger partial charge in [0.1, 0.15) is 6.07 Å². The molecule has 0 fully saturated rings. The molecular formula is C12H12N2.